The van der Waals surface area contributed by atoms with Crippen LogP contribution in [-0.2, 0) is 14.3 Å². The van der Waals surface area contributed by atoms with Gasteiger partial charge in [0.2, 0.25) is 11.8 Å². The third kappa shape index (κ3) is 6.44. The van der Waals surface area contributed by atoms with Crippen molar-refractivity contribution in [1.82, 2.24) is 14.5 Å². The van der Waals surface area contributed by atoms with E-state index in [-0.39, 0.29) is 47.7 Å². The molecule has 3 aromatic rings. The Kier molecular flexibility index (Phi) is 8.83. The Hall–Kier alpha value is -4.29. The number of nitrogens with zero attached hydrogens (tertiary/aromatic N) is 3. The van der Waals surface area contributed by atoms with Crippen LogP contribution in [-0.4, -0.2) is 58.1 Å². The summed E-state index contributed by atoms with van der Waals surface area (Å²) in [5.41, 5.74) is -0.311. The van der Waals surface area contributed by atoms with E-state index in [4.69, 9.17) is 16.3 Å². The molecule has 42 heavy (non-hydrogen) atoms. The number of anilines is 3. The molecule has 0 bridgehead atoms. The van der Waals surface area contributed by atoms with E-state index in [1.807, 2.05) is 0 Å². The Morgan fingerprint density at radius 3 is 2.48 bits per heavy atom. The van der Waals surface area contributed by atoms with E-state index >= 15 is 4.39 Å². The second-order valence-electron chi connectivity index (χ2n) is 10.3. The zero-order valence-electron chi connectivity index (χ0n) is 22.8. The molecule has 1 saturated heterocycles. The number of rotatable bonds is 7. The van der Waals surface area contributed by atoms with E-state index in [2.05, 4.69) is 20.9 Å². The normalized spacial score (nSPS) is 18.6. The van der Waals surface area contributed by atoms with Gasteiger partial charge in [-0.3, -0.25) is 24.3 Å². The lowest BCUT2D eigenvalue weighted by Crippen LogP contribution is -2.45. The van der Waals surface area contributed by atoms with Crippen LogP contribution in [0.2, 0.25) is 5.02 Å². The van der Waals surface area contributed by atoms with Crippen LogP contribution in [0.4, 0.5) is 26.4 Å². The topological polar surface area (TPSA) is 135 Å². The van der Waals surface area contributed by atoms with Gasteiger partial charge in [-0.25, -0.2) is 14.2 Å². The van der Waals surface area contributed by atoms with Gasteiger partial charge >= 0.3 is 6.03 Å². The van der Waals surface area contributed by atoms with Crippen molar-refractivity contribution in [2.75, 3.05) is 29.6 Å². The monoisotopic (exact) mass is 596 g/mol. The zero-order valence-corrected chi connectivity index (χ0v) is 23.6. The van der Waals surface area contributed by atoms with Gasteiger partial charge in [0.15, 0.2) is 0 Å². The highest BCUT2D eigenvalue weighted by Crippen LogP contribution is 2.27. The third-order valence-corrected chi connectivity index (χ3v) is 7.77. The fourth-order valence-corrected chi connectivity index (χ4v) is 5.37. The van der Waals surface area contributed by atoms with E-state index in [0.29, 0.717) is 5.02 Å². The first-order valence-corrected chi connectivity index (χ1v) is 14.0. The molecule has 0 unspecified atom stereocenters. The summed E-state index contributed by atoms with van der Waals surface area (Å²) in [7, 11) is 1.48. The highest BCUT2D eigenvalue weighted by Gasteiger charge is 2.40. The molecule has 2 aliphatic rings. The molecule has 1 saturated carbocycles. The van der Waals surface area contributed by atoms with Gasteiger partial charge < -0.3 is 20.3 Å². The van der Waals surface area contributed by atoms with Crippen molar-refractivity contribution < 1.29 is 23.5 Å². The lowest BCUT2D eigenvalue weighted by atomic mass is 10.1. The quantitative estimate of drug-likeness (QED) is 0.370. The molecule has 3 heterocycles. The number of amides is 4. The molecule has 1 aromatic carbocycles. The first-order valence-electron chi connectivity index (χ1n) is 13.6. The summed E-state index contributed by atoms with van der Waals surface area (Å²) in [5.74, 6) is -1.44. The number of pyridine rings is 2. The van der Waals surface area contributed by atoms with Gasteiger partial charge in [0.25, 0.3) is 5.56 Å². The second-order valence-corrected chi connectivity index (χ2v) is 10.7. The van der Waals surface area contributed by atoms with E-state index in [1.165, 1.54) is 53.2 Å². The summed E-state index contributed by atoms with van der Waals surface area (Å²) in [4.78, 5) is 57.1. The van der Waals surface area contributed by atoms with E-state index in [0.717, 1.165) is 31.7 Å². The number of benzene rings is 1. The number of hydrogen-bond donors (Lipinski definition) is 3. The Labute approximate surface area is 246 Å². The number of hydrogen-bond acceptors (Lipinski definition) is 6. The summed E-state index contributed by atoms with van der Waals surface area (Å²) in [6.45, 7) is 0.145. The lowest BCUT2D eigenvalue weighted by Gasteiger charge is -2.24. The van der Waals surface area contributed by atoms with Crippen molar-refractivity contribution in [3.8, 4) is 5.69 Å². The van der Waals surface area contributed by atoms with Crippen molar-refractivity contribution in [2.45, 2.75) is 44.2 Å². The van der Waals surface area contributed by atoms with Gasteiger partial charge in [0.05, 0.1) is 22.5 Å². The molecular weight excluding hydrogens is 567 g/mol. The zero-order chi connectivity index (χ0) is 29.8. The predicted octanol–water partition coefficient (Wildman–Crippen LogP) is 4.41. The summed E-state index contributed by atoms with van der Waals surface area (Å²) >= 11 is 5.85. The molecule has 2 aromatic heterocycles. The molecule has 2 fully saturated rings. The molecule has 5 rings (SSSR count). The number of aromatic nitrogens is 2. The molecule has 11 nitrogen and oxygen atoms in total. The maximum atomic E-state index is 15.2. The maximum absolute atomic E-state index is 15.2. The number of halogens is 2. The molecule has 1 aliphatic heterocycles. The van der Waals surface area contributed by atoms with Crippen molar-refractivity contribution in [3.63, 3.8) is 0 Å². The van der Waals surface area contributed by atoms with Crippen LogP contribution in [0.25, 0.3) is 5.69 Å². The number of nitrogens with one attached hydrogen (secondary N) is 3. The molecule has 0 spiro atoms. The standard InChI is InChI=1S/C29H30ClFN6O5/c1-42-20-14-24(37(16-20)29(41)35-25-11-8-18(30)15-32-25)27(39)33-22-10-9-19(13-21(22)31)36-12-4-7-23(28(36)40)34-26(38)17-5-2-3-6-17/h4,7-13,15,17,20,24H,2-3,5-6,14,16H2,1H3,(H,33,39)(H,34,38)(H,32,35,41)/t20-,24-/m1/s1. The van der Waals surface area contributed by atoms with Gasteiger partial charge in [-0.05, 0) is 49.2 Å². The highest BCUT2D eigenvalue weighted by molar-refractivity contribution is 6.30. The lowest BCUT2D eigenvalue weighted by molar-refractivity contribution is -0.120. The molecular formula is C29H30ClFN6O5. The number of carbonyl (C=O) groups excluding carboxylic acids is 3. The van der Waals surface area contributed by atoms with Crippen molar-refractivity contribution in [3.05, 3.63) is 76.1 Å². The van der Waals surface area contributed by atoms with E-state index < -0.39 is 35.5 Å². The molecule has 3 N–H and O–H groups in total. The SMILES string of the molecule is CO[C@@H]1C[C@H](C(=O)Nc2ccc(-n3cccc(NC(=O)C4CCCC4)c3=O)cc2F)N(C(=O)Nc2ccc(Cl)cn2)C1. The Morgan fingerprint density at radius 2 is 1.79 bits per heavy atom. The summed E-state index contributed by atoms with van der Waals surface area (Å²) < 4.78 is 21.8. The predicted molar refractivity (Wildman–Crippen MR) is 155 cm³/mol. The minimum absolute atomic E-state index is 0.105. The number of ether oxygens (including phenoxy) is 1. The van der Waals surface area contributed by atoms with Crippen LogP contribution in [0.3, 0.4) is 0 Å². The third-order valence-electron chi connectivity index (χ3n) is 7.54. The smallest absolute Gasteiger partial charge is 0.323 e. The van der Waals surface area contributed by atoms with E-state index in [9.17, 15) is 19.2 Å². The first kappa shape index (κ1) is 29.2. The van der Waals surface area contributed by atoms with Crippen molar-refractivity contribution in [2.24, 2.45) is 5.92 Å². The van der Waals surface area contributed by atoms with Crippen LogP contribution in [0.5, 0.6) is 0 Å². The number of urea groups is 1. The van der Waals surface area contributed by atoms with Crippen molar-refractivity contribution >= 4 is 46.6 Å². The number of carbonyl (C=O) groups is 3. The summed E-state index contributed by atoms with van der Waals surface area (Å²) in [6.07, 6.45) is 6.21. The molecule has 0 radical (unpaired) electrons. The van der Waals surface area contributed by atoms with Crippen LogP contribution < -0.4 is 21.5 Å². The van der Waals surface area contributed by atoms with Gasteiger partial charge in [0, 0.05) is 44.5 Å². The van der Waals surface area contributed by atoms with Crippen LogP contribution in [0.15, 0.2) is 59.7 Å². The average Bonchev–Trinajstić information content (AvgIpc) is 3.67. The van der Waals surface area contributed by atoms with Crippen LogP contribution in [0, 0.1) is 11.7 Å². The second kappa shape index (κ2) is 12.7. The molecule has 4 amide bonds. The van der Waals surface area contributed by atoms with Gasteiger partial charge in [-0.15, -0.1) is 0 Å². The van der Waals surface area contributed by atoms with Gasteiger partial charge in [0.1, 0.15) is 23.4 Å². The maximum Gasteiger partial charge on any atom is 0.323 e. The fourth-order valence-electron chi connectivity index (χ4n) is 5.26. The van der Waals surface area contributed by atoms with Crippen LogP contribution >= 0.6 is 11.6 Å². The largest absolute Gasteiger partial charge is 0.380 e. The van der Waals surface area contributed by atoms with Gasteiger partial charge in [-0.1, -0.05) is 24.4 Å². The van der Waals surface area contributed by atoms with Crippen molar-refractivity contribution in [1.29, 1.82) is 0 Å². The minimum atomic E-state index is -0.941. The van der Waals surface area contributed by atoms with E-state index in [1.54, 1.807) is 12.1 Å². The van der Waals surface area contributed by atoms with Gasteiger partial charge in [-0.2, -0.15) is 0 Å². The molecule has 1 aliphatic carbocycles. The Bertz CT molecular complexity index is 1540. The number of methoxy groups -OCH3 is 1. The average molecular weight is 597 g/mol. The summed E-state index contributed by atoms with van der Waals surface area (Å²) in [6, 6.07) is 8.61. The summed E-state index contributed by atoms with van der Waals surface area (Å²) in [5, 5.41) is 8.28. The molecule has 220 valence electrons. The number of likely N-dealkylation sites (tertiary alicyclic amines) is 1. The first-order chi connectivity index (χ1) is 20.2. The minimum Gasteiger partial charge on any atom is -0.380 e. The highest BCUT2D eigenvalue weighted by atomic mass is 35.5. The Balaban J connectivity index is 1.29. The Morgan fingerprint density at radius 1 is 1.02 bits per heavy atom. The van der Waals surface area contributed by atoms with Crippen LogP contribution in [0.1, 0.15) is 32.1 Å². The fraction of sp³-hybridized carbons (Fsp3) is 0.345. The molecule has 2 atom stereocenters. The molecule has 13 heteroatoms.